The lowest BCUT2D eigenvalue weighted by Gasteiger charge is -2.09. The molecule has 0 bridgehead atoms. The number of carbonyl (C=O) groups is 1. The molecule has 5 rings (SSSR count). The van der Waals surface area contributed by atoms with Crippen LogP contribution in [0.25, 0.3) is 27.8 Å². The highest BCUT2D eigenvalue weighted by molar-refractivity contribution is 7.80. The number of aromatic nitrogens is 5. The van der Waals surface area contributed by atoms with E-state index in [1.165, 1.54) is 0 Å². The van der Waals surface area contributed by atoms with E-state index in [-0.39, 0.29) is 11.0 Å². The minimum absolute atomic E-state index is 0.176. The molecule has 0 aliphatic carbocycles. The summed E-state index contributed by atoms with van der Waals surface area (Å²) in [4.78, 5) is 14.1. The van der Waals surface area contributed by atoms with Gasteiger partial charge in [0.1, 0.15) is 27.8 Å². The average Bonchev–Trinajstić information content (AvgIpc) is 3.45. The molecule has 0 saturated carbocycles. The Morgan fingerprint density at radius 2 is 1.73 bits per heavy atom. The molecule has 0 aliphatic rings. The van der Waals surface area contributed by atoms with Crippen molar-refractivity contribution < 1.29 is 9.53 Å². The monoisotopic (exact) mass is 475 g/mol. The summed E-state index contributed by atoms with van der Waals surface area (Å²) in [6.07, 6.45) is 0. The van der Waals surface area contributed by atoms with Gasteiger partial charge in [-0.15, -0.1) is 10.2 Å². The van der Waals surface area contributed by atoms with E-state index in [0.717, 1.165) is 34.2 Å². The first kappa shape index (κ1) is 20.9. The predicted molar refractivity (Wildman–Crippen MR) is 131 cm³/mol. The minimum atomic E-state index is -0.329. The highest BCUT2D eigenvalue weighted by Gasteiger charge is 2.11. The Hall–Kier alpha value is -3.96. The van der Waals surface area contributed by atoms with Crippen LogP contribution in [0.4, 0.5) is 5.69 Å². The highest BCUT2D eigenvalue weighted by atomic mass is 32.1. The van der Waals surface area contributed by atoms with Crippen LogP contribution in [0, 0.1) is 0 Å². The zero-order valence-electron chi connectivity index (χ0n) is 17.3. The molecule has 164 valence electrons. The maximum absolute atomic E-state index is 12.5. The summed E-state index contributed by atoms with van der Waals surface area (Å²) >= 11 is 6.41. The van der Waals surface area contributed by atoms with Crippen molar-refractivity contribution in [3.63, 3.8) is 0 Å². The third-order valence-corrected chi connectivity index (χ3v) is 5.52. The minimum Gasteiger partial charge on any atom is -0.494 e. The number of anilines is 1. The molecule has 0 fully saturated rings. The summed E-state index contributed by atoms with van der Waals surface area (Å²) in [5.41, 5.74) is 4.80. The van der Waals surface area contributed by atoms with Gasteiger partial charge in [-0.25, -0.2) is 0 Å². The van der Waals surface area contributed by atoms with E-state index in [4.69, 9.17) is 17.0 Å². The normalized spacial score (nSPS) is 10.9. The summed E-state index contributed by atoms with van der Waals surface area (Å²) < 4.78 is 13.8. The Morgan fingerprint density at radius 3 is 2.55 bits per heavy atom. The molecule has 0 atom stereocenters. The smallest absolute Gasteiger partial charge is 0.257 e. The van der Waals surface area contributed by atoms with E-state index in [1.807, 2.05) is 49.4 Å². The number of fused-ring (bicyclic) bond motifs is 2. The molecule has 0 radical (unpaired) electrons. The molecule has 33 heavy (non-hydrogen) atoms. The van der Waals surface area contributed by atoms with Crippen LogP contribution in [0.15, 0.2) is 60.7 Å². The van der Waals surface area contributed by atoms with Crippen molar-refractivity contribution in [1.29, 1.82) is 0 Å². The van der Waals surface area contributed by atoms with Gasteiger partial charge in [0.25, 0.3) is 5.91 Å². The van der Waals surface area contributed by atoms with Gasteiger partial charge >= 0.3 is 0 Å². The molecule has 2 aromatic heterocycles. The van der Waals surface area contributed by atoms with Crippen LogP contribution < -0.4 is 15.4 Å². The first-order valence-electron chi connectivity index (χ1n) is 10.0. The predicted octanol–water partition coefficient (Wildman–Crippen LogP) is 3.95. The number of nitrogens with zero attached hydrogens (tertiary/aromatic N) is 5. The number of thiocarbonyl (C=S) groups is 1. The summed E-state index contributed by atoms with van der Waals surface area (Å²) in [5.74, 6) is 0.466. The van der Waals surface area contributed by atoms with Gasteiger partial charge in [0.2, 0.25) is 0 Å². The molecule has 0 spiro atoms. The molecule has 0 aliphatic heterocycles. The quantitative estimate of drug-likeness (QED) is 0.368. The number of rotatable bonds is 5. The first-order valence-corrected chi connectivity index (χ1v) is 11.2. The molecule has 11 heteroatoms. The Bertz CT molecular complexity index is 1480. The molecule has 9 nitrogen and oxygen atoms in total. The highest BCUT2D eigenvalue weighted by Crippen LogP contribution is 2.19. The van der Waals surface area contributed by atoms with Crippen LogP contribution in [0.5, 0.6) is 5.75 Å². The topological polar surface area (TPSA) is 107 Å². The Morgan fingerprint density at radius 1 is 0.970 bits per heavy atom. The van der Waals surface area contributed by atoms with Crippen molar-refractivity contribution >= 4 is 62.7 Å². The van der Waals surface area contributed by atoms with Gasteiger partial charge in [-0.2, -0.15) is 13.5 Å². The third kappa shape index (κ3) is 4.49. The number of nitrogens with one attached hydrogen (secondary N) is 2. The number of benzene rings is 3. The second kappa shape index (κ2) is 8.88. The summed E-state index contributed by atoms with van der Waals surface area (Å²) in [6, 6.07) is 18.2. The third-order valence-electron chi connectivity index (χ3n) is 4.76. The fraction of sp³-hybridized carbons (Fsp3) is 0.0909. The van der Waals surface area contributed by atoms with Gasteiger partial charge in [-0.3, -0.25) is 10.1 Å². The summed E-state index contributed by atoms with van der Waals surface area (Å²) in [7, 11) is 0. The lowest BCUT2D eigenvalue weighted by Crippen LogP contribution is -2.34. The fourth-order valence-corrected chi connectivity index (χ4v) is 3.94. The van der Waals surface area contributed by atoms with Gasteiger partial charge in [0.15, 0.2) is 5.11 Å². The van der Waals surface area contributed by atoms with Gasteiger partial charge in [0.05, 0.1) is 24.0 Å². The van der Waals surface area contributed by atoms with Crippen LogP contribution in [0.1, 0.15) is 17.3 Å². The first-order chi connectivity index (χ1) is 16.1. The maximum Gasteiger partial charge on any atom is 0.257 e. The average molecular weight is 476 g/mol. The van der Waals surface area contributed by atoms with Crippen molar-refractivity contribution in [1.82, 2.24) is 29.1 Å². The molecule has 1 amide bonds. The van der Waals surface area contributed by atoms with Gasteiger partial charge in [0, 0.05) is 11.3 Å². The van der Waals surface area contributed by atoms with Crippen molar-refractivity contribution in [2.45, 2.75) is 6.92 Å². The van der Waals surface area contributed by atoms with E-state index in [9.17, 15) is 4.79 Å². The zero-order chi connectivity index (χ0) is 22.8. The van der Waals surface area contributed by atoms with Crippen molar-refractivity contribution in [2.75, 3.05) is 11.9 Å². The second-order valence-electron chi connectivity index (χ2n) is 7.00. The molecule has 2 heterocycles. The Labute approximate surface area is 197 Å². The van der Waals surface area contributed by atoms with Crippen LogP contribution >= 0.6 is 23.9 Å². The van der Waals surface area contributed by atoms with Crippen LogP contribution in [-0.4, -0.2) is 41.4 Å². The lowest BCUT2D eigenvalue weighted by atomic mass is 10.2. The number of hydrogen-bond acceptors (Lipinski definition) is 8. The van der Waals surface area contributed by atoms with Gasteiger partial charge in [-0.05, 0) is 79.8 Å². The zero-order valence-corrected chi connectivity index (χ0v) is 19.0. The molecule has 0 unspecified atom stereocenters. The van der Waals surface area contributed by atoms with Crippen molar-refractivity contribution in [3.05, 3.63) is 66.2 Å². The van der Waals surface area contributed by atoms with Crippen molar-refractivity contribution in [2.24, 2.45) is 0 Å². The molecule has 5 aromatic rings. The second-order valence-corrected chi connectivity index (χ2v) is 7.93. The molecular weight excluding hydrogens is 458 g/mol. The lowest BCUT2D eigenvalue weighted by molar-refractivity contribution is 0.0978. The van der Waals surface area contributed by atoms with E-state index < -0.39 is 0 Å². The maximum atomic E-state index is 12.5. The van der Waals surface area contributed by atoms with Crippen molar-refractivity contribution in [3.8, 4) is 11.4 Å². The van der Waals surface area contributed by atoms with Crippen LogP contribution in [0.3, 0.4) is 0 Å². The van der Waals surface area contributed by atoms with E-state index in [0.29, 0.717) is 28.9 Å². The van der Waals surface area contributed by atoms with Gasteiger partial charge < -0.3 is 10.1 Å². The Balaban J connectivity index is 1.28. The summed E-state index contributed by atoms with van der Waals surface area (Å²) in [6.45, 7) is 2.55. The number of hydrogen-bond donors (Lipinski definition) is 2. The largest absolute Gasteiger partial charge is 0.494 e. The number of ether oxygens (including phenoxy) is 1. The number of amides is 1. The van der Waals surface area contributed by atoms with E-state index in [1.54, 1.807) is 23.0 Å². The Kier molecular flexibility index (Phi) is 5.63. The van der Waals surface area contributed by atoms with Crippen LogP contribution in [0.2, 0.25) is 0 Å². The molecular formula is C22H17N7O2S2. The van der Waals surface area contributed by atoms with E-state index in [2.05, 4.69) is 29.6 Å². The van der Waals surface area contributed by atoms with Crippen LogP contribution in [-0.2, 0) is 0 Å². The fourth-order valence-electron chi connectivity index (χ4n) is 3.21. The summed E-state index contributed by atoms with van der Waals surface area (Å²) in [5, 5.41) is 14.9. The van der Waals surface area contributed by atoms with E-state index >= 15 is 0 Å². The molecule has 0 saturated heterocycles. The van der Waals surface area contributed by atoms with Gasteiger partial charge in [-0.1, -0.05) is 0 Å². The number of carbonyl (C=O) groups excluding carboxylic acids is 1. The standard InChI is InChI=1S/C22H17N7O2S2/c1-2-31-16-7-5-15(6-8-16)29-25-17-10-4-14(12-19(17)26-29)23-22(32)24-21(30)13-3-9-18-20(11-13)28-33-27-18/h3-12H,2H2,1H3,(H2,23,24,30,32). The SMILES string of the molecule is CCOc1ccc(-n2nc3ccc(NC(=S)NC(=O)c4ccc5nsnc5c4)cc3n2)cc1. The molecule has 2 N–H and O–H groups in total. The molecule has 3 aromatic carbocycles.